The summed E-state index contributed by atoms with van der Waals surface area (Å²) < 4.78 is -0.793. The van der Waals surface area contributed by atoms with Gasteiger partial charge in [-0.3, -0.25) is 4.98 Å². The molecule has 2 aromatic rings. The molecule has 0 aliphatic heterocycles. The third kappa shape index (κ3) is 2.12. The highest BCUT2D eigenvalue weighted by atomic mass is 79.9. The van der Waals surface area contributed by atoms with Gasteiger partial charge in [0.15, 0.2) is 0 Å². The molecular weight excluding hydrogens is 302 g/mol. The number of aryl methyl sites for hydroxylation is 2. The van der Waals surface area contributed by atoms with Crippen molar-refractivity contribution >= 4 is 22.2 Å². The monoisotopic (exact) mass is 315 g/mol. The van der Waals surface area contributed by atoms with Crippen molar-refractivity contribution in [2.24, 2.45) is 0 Å². The number of carbonyl (C=O) groups is 1. The van der Waals surface area contributed by atoms with Crippen molar-refractivity contribution in [2.75, 3.05) is 0 Å². The Morgan fingerprint density at radius 3 is 2.74 bits per heavy atom. The van der Waals surface area contributed by atoms with Crippen LogP contribution in [-0.4, -0.2) is 11.3 Å². The Morgan fingerprint density at radius 2 is 2.00 bits per heavy atom. The summed E-state index contributed by atoms with van der Waals surface area (Å²) in [6, 6.07) is 10.1. The van der Waals surface area contributed by atoms with Crippen molar-refractivity contribution in [3.63, 3.8) is 0 Å². The third-order valence-electron chi connectivity index (χ3n) is 3.76. The second kappa shape index (κ2) is 4.89. The van der Waals surface area contributed by atoms with Gasteiger partial charge in [-0.1, -0.05) is 40.2 Å². The lowest BCUT2D eigenvalue weighted by Gasteiger charge is -2.22. The molecule has 0 amide bonds. The number of hydrogen-bond donors (Lipinski definition) is 0. The second-order valence-electron chi connectivity index (χ2n) is 4.91. The van der Waals surface area contributed by atoms with Crippen LogP contribution in [0.2, 0.25) is 0 Å². The number of pyridine rings is 1. The van der Waals surface area contributed by atoms with Crippen LogP contribution in [-0.2, 0) is 22.0 Å². The minimum atomic E-state index is -0.793. The van der Waals surface area contributed by atoms with E-state index in [0.29, 0.717) is 0 Å². The number of aldehydes is 1. The average molecular weight is 316 g/mol. The van der Waals surface area contributed by atoms with Crippen LogP contribution < -0.4 is 0 Å². The van der Waals surface area contributed by atoms with Gasteiger partial charge in [0.25, 0.3) is 0 Å². The van der Waals surface area contributed by atoms with Gasteiger partial charge < -0.3 is 4.79 Å². The van der Waals surface area contributed by atoms with Crippen molar-refractivity contribution in [3.05, 3.63) is 65.0 Å². The Balaban J connectivity index is 2.10. The fourth-order valence-corrected chi connectivity index (χ4v) is 3.16. The van der Waals surface area contributed by atoms with Gasteiger partial charge in [0.05, 0.1) is 0 Å². The van der Waals surface area contributed by atoms with Gasteiger partial charge in [-0.15, -0.1) is 0 Å². The predicted octanol–water partition coefficient (Wildman–Crippen LogP) is 3.41. The number of fused-ring (bicyclic) bond motifs is 1. The molecule has 0 fully saturated rings. The van der Waals surface area contributed by atoms with Crippen LogP contribution in [0.3, 0.4) is 0 Å². The molecule has 1 aliphatic rings. The van der Waals surface area contributed by atoms with E-state index in [0.717, 1.165) is 30.3 Å². The van der Waals surface area contributed by atoms with Crippen LogP contribution in [0.4, 0.5) is 0 Å². The Kier molecular flexibility index (Phi) is 3.23. The first-order valence-electron chi connectivity index (χ1n) is 6.42. The number of carbonyl (C=O) groups excluding carboxylic acids is 1. The van der Waals surface area contributed by atoms with Crippen molar-refractivity contribution in [3.8, 4) is 0 Å². The molecular formula is C16H14BrNO. The molecule has 1 heterocycles. The number of benzene rings is 1. The molecule has 3 rings (SSSR count). The van der Waals surface area contributed by atoms with Crippen LogP contribution in [0, 0.1) is 0 Å². The number of hydrogen-bond acceptors (Lipinski definition) is 2. The van der Waals surface area contributed by atoms with Crippen LogP contribution >= 0.6 is 15.9 Å². The van der Waals surface area contributed by atoms with Crippen LogP contribution in [0.25, 0.3) is 0 Å². The number of nitrogens with zero attached hydrogens (tertiary/aromatic N) is 1. The molecule has 1 unspecified atom stereocenters. The Labute approximate surface area is 121 Å². The van der Waals surface area contributed by atoms with E-state index in [2.05, 4.69) is 33.0 Å². The third-order valence-corrected chi connectivity index (χ3v) is 4.87. The molecule has 0 radical (unpaired) electrons. The number of aromatic nitrogens is 1. The van der Waals surface area contributed by atoms with E-state index in [9.17, 15) is 4.79 Å². The Bertz CT molecular complexity index is 611. The SMILES string of the molecule is O=CC(Br)(c1cccnc1)c1ccc2c(c1)CCC2. The van der Waals surface area contributed by atoms with Crippen LogP contribution in [0.15, 0.2) is 42.7 Å². The fourth-order valence-electron chi connectivity index (χ4n) is 2.68. The molecule has 2 nitrogen and oxygen atoms in total. The molecule has 96 valence electrons. The summed E-state index contributed by atoms with van der Waals surface area (Å²) in [7, 11) is 0. The summed E-state index contributed by atoms with van der Waals surface area (Å²) in [5.41, 5.74) is 4.63. The first-order chi connectivity index (χ1) is 9.24. The van der Waals surface area contributed by atoms with Gasteiger partial charge in [-0.2, -0.15) is 0 Å². The zero-order valence-corrected chi connectivity index (χ0v) is 12.1. The topological polar surface area (TPSA) is 30.0 Å². The van der Waals surface area contributed by atoms with Gasteiger partial charge >= 0.3 is 0 Å². The highest BCUT2D eigenvalue weighted by Gasteiger charge is 2.32. The van der Waals surface area contributed by atoms with E-state index in [4.69, 9.17) is 0 Å². The Hall–Kier alpha value is -1.48. The summed E-state index contributed by atoms with van der Waals surface area (Å²) in [6.07, 6.45) is 7.86. The van der Waals surface area contributed by atoms with Gasteiger partial charge in [-0.25, -0.2) is 0 Å². The van der Waals surface area contributed by atoms with Crippen molar-refractivity contribution in [1.82, 2.24) is 4.98 Å². The number of halogens is 1. The van der Waals surface area contributed by atoms with E-state index in [-0.39, 0.29) is 0 Å². The van der Waals surface area contributed by atoms with Crippen molar-refractivity contribution < 1.29 is 4.79 Å². The molecule has 3 heteroatoms. The van der Waals surface area contributed by atoms with Gasteiger partial charge in [0.1, 0.15) is 10.6 Å². The molecule has 1 aliphatic carbocycles. The standard InChI is InChI=1S/C16H14BrNO/c17-16(11-19,15-5-2-8-18-10-15)14-7-6-12-3-1-4-13(12)9-14/h2,5-11H,1,3-4H2. The normalized spacial score (nSPS) is 16.7. The zero-order valence-electron chi connectivity index (χ0n) is 10.5. The predicted molar refractivity (Wildman–Crippen MR) is 78.5 cm³/mol. The molecule has 0 bridgehead atoms. The maximum Gasteiger partial charge on any atom is 0.145 e. The number of rotatable bonds is 3. The summed E-state index contributed by atoms with van der Waals surface area (Å²) in [5.74, 6) is 0. The summed E-state index contributed by atoms with van der Waals surface area (Å²) in [6.45, 7) is 0. The maximum absolute atomic E-state index is 11.7. The van der Waals surface area contributed by atoms with Gasteiger partial charge in [0.2, 0.25) is 0 Å². The fraction of sp³-hybridized carbons (Fsp3) is 0.250. The average Bonchev–Trinajstić information content (AvgIpc) is 2.94. The number of alkyl halides is 1. The largest absolute Gasteiger partial charge is 0.301 e. The van der Waals surface area contributed by atoms with E-state index in [1.165, 1.54) is 17.5 Å². The molecule has 0 spiro atoms. The lowest BCUT2D eigenvalue weighted by molar-refractivity contribution is -0.109. The van der Waals surface area contributed by atoms with E-state index in [1.54, 1.807) is 12.4 Å². The molecule has 19 heavy (non-hydrogen) atoms. The van der Waals surface area contributed by atoms with Crippen LogP contribution in [0.5, 0.6) is 0 Å². The molecule has 0 saturated heterocycles. The zero-order chi connectivity index (χ0) is 13.3. The van der Waals surface area contributed by atoms with Gasteiger partial charge in [0, 0.05) is 12.4 Å². The van der Waals surface area contributed by atoms with E-state index < -0.39 is 4.32 Å². The summed E-state index contributed by atoms with van der Waals surface area (Å²) in [4.78, 5) is 15.8. The first kappa shape index (κ1) is 12.5. The molecule has 1 aromatic carbocycles. The van der Waals surface area contributed by atoms with Gasteiger partial charge in [-0.05, 0) is 47.6 Å². The lowest BCUT2D eigenvalue weighted by atomic mass is 9.91. The second-order valence-corrected chi connectivity index (χ2v) is 6.16. The minimum Gasteiger partial charge on any atom is -0.301 e. The highest BCUT2D eigenvalue weighted by Crippen LogP contribution is 2.38. The molecule has 1 aromatic heterocycles. The Morgan fingerprint density at radius 1 is 1.16 bits per heavy atom. The molecule has 0 N–H and O–H groups in total. The smallest absolute Gasteiger partial charge is 0.145 e. The highest BCUT2D eigenvalue weighted by molar-refractivity contribution is 9.10. The summed E-state index contributed by atoms with van der Waals surface area (Å²) >= 11 is 3.60. The van der Waals surface area contributed by atoms with Crippen LogP contribution in [0.1, 0.15) is 28.7 Å². The summed E-state index contributed by atoms with van der Waals surface area (Å²) in [5, 5.41) is 0. The first-order valence-corrected chi connectivity index (χ1v) is 7.21. The molecule has 0 saturated carbocycles. The van der Waals surface area contributed by atoms with E-state index >= 15 is 0 Å². The van der Waals surface area contributed by atoms with E-state index in [1.807, 2.05) is 18.2 Å². The maximum atomic E-state index is 11.7. The van der Waals surface area contributed by atoms with Crippen molar-refractivity contribution in [1.29, 1.82) is 0 Å². The quantitative estimate of drug-likeness (QED) is 0.642. The lowest BCUT2D eigenvalue weighted by Crippen LogP contribution is -2.22. The van der Waals surface area contributed by atoms with Crippen molar-refractivity contribution in [2.45, 2.75) is 23.6 Å². The molecule has 1 atom stereocenters. The minimum absolute atomic E-state index is 0.793.